The normalized spacial score (nSPS) is 10.8. The van der Waals surface area contributed by atoms with E-state index in [1.807, 2.05) is 26.0 Å². The van der Waals surface area contributed by atoms with Gasteiger partial charge < -0.3 is 14.8 Å². The average molecular weight is 582 g/mol. The fourth-order valence-corrected chi connectivity index (χ4v) is 4.27. The number of unbranched alkanes of at least 4 members (excludes halogenated alkanes) is 5. The lowest BCUT2D eigenvalue weighted by Crippen LogP contribution is -2.34. The predicted octanol–water partition coefficient (Wildman–Crippen LogP) is 7.86. The van der Waals surface area contributed by atoms with Crippen LogP contribution in [-0.4, -0.2) is 46.2 Å². The molecule has 1 amide bonds. The molecule has 41 heavy (non-hydrogen) atoms. The topological polar surface area (TPSA) is 64.6 Å². The molecule has 1 N–H and O–H groups in total. The number of halogens is 1. The first-order chi connectivity index (χ1) is 19.7. The van der Waals surface area contributed by atoms with Gasteiger partial charge in [0.1, 0.15) is 17.2 Å². The Morgan fingerprint density at radius 3 is 1.98 bits per heavy atom. The molecule has 0 heterocycles. The summed E-state index contributed by atoms with van der Waals surface area (Å²) in [5, 5.41) is 3.40. The van der Waals surface area contributed by atoms with Crippen molar-refractivity contribution in [2.45, 2.75) is 58.8 Å². The van der Waals surface area contributed by atoms with Crippen molar-refractivity contribution in [1.29, 1.82) is 0 Å². The Morgan fingerprint density at radius 1 is 0.756 bits per heavy atom. The second kappa shape index (κ2) is 18.2. The minimum absolute atomic E-state index is 0.0805. The highest BCUT2D eigenvalue weighted by Crippen LogP contribution is 2.22. The summed E-state index contributed by atoms with van der Waals surface area (Å²) in [5.41, 5.74) is 2.59. The molecule has 6 nitrogen and oxygen atoms in total. The maximum atomic E-state index is 12.3. The van der Waals surface area contributed by atoms with Crippen LogP contribution in [0.15, 0.2) is 72.8 Å². The van der Waals surface area contributed by atoms with Crippen molar-refractivity contribution < 1.29 is 19.1 Å². The molecule has 0 fully saturated rings. The highest BCUT2D eigenvalue weighted by molar-refractivity contribution is 6.33. The van der Waals surface area contributed by atoms with Gasteiger partial charge in [0.2, 0.25) is 5.91 Å². The van der Waals surface area contributed by atoms with E-state index in [-0.39, 0.29) is 5.91 Å². The Hall–Kier alpha value is -3.35. The Bertz CT molecular complexity index is 1190. The summed E-state index contributed by atoms with van der Waals surface area (Å²) in [7, 11) is 6.38. The molecule has 0 unspecified atom stereocenters. The molecule has 222 valence electrons. The van der Waals surface area contributed by atoms with Gasteiger partial charge in [-0.2, -0.15) is 0 Å². The van der Waals surface area contributed by atoms with Crippen molar-refractivity contribution in [3.63, 3.8) is 0 Å². The Labute approximate surface area is 251 Å². The van der Waals surface area contributed by atoms with Gasteiger partial charge in [0.05, 0.1) is 44.8 Å². The molecule has 0 spiro atoms. The van der Waals surface area contributed by atoms with E-state index in [0.717, 1.165) is 60.9 Å². The molecule has 0 bridgehead atoms. The van der Waals surface area contributed by atoms with Crippen LogP contribution in [-0.2, 0) is 11.2 Å². The molecule has 0 atom stereocenters. The largest absolute Gasteiger partial charge is 0.494 e. The number of quaternary nitrogens is 1. The molecule has 0 aliphatic carbocycles. The summed E-state index contributed by atoms with van der Waals surface area (Å²) in [5.74, 6) is 0.778. The Balaban J connectivity index is 0.00000287. The van der Waals surface area contributed by atoms with Gasteiger partial charge in [0.15, 0.2) is 0 Å². The smallest absolute Gasteiger partial charge is 0.345 e. The second-order valence-corrected chi connectivity index (χ2v) is 10.9. The highest BCUT2D eigenvalue weighted by Gasteiger charge is 2.13. The van der Waals surface area contributed by atoms with E-state index in [0.29, 0.717) is 29.4 Å². The first kappa shape index (κ1) is 33.9. The lowest BCUT2D eigenvalue weighted by atomic mass is 10.1. The Morgan fingerprint density at radius 2 is 1.34 bits per heavy atom. The quantitative estimate of drug-likeness (QED) is 0.0858. The Kier molecular flexibility index (Phi) is 15.0. The van der Waals surface area contributed by atoms with Gasteiger partial charge in [-0.05, 0) is 66.9 Å². The number of rotatable bonds is 15. The van der Waals surface area contributed by atoms with Crippen LogP contribution in [0.2, 0.25) is 5.02 Å². The number of carbonyl (C=O) groups excluding carboxylic acids is 2. The van der Waals surface area contributed by atoms with Crippen LogP contribution in [0.25, 0.3) is 0 Å². The van der Waals surface area contributed by atoms with Crippen molar-refractivity contribution >= 4 is 29.2 Å². The number of esters is 1. The number of benzene rings is 3. The van der Waals surface area contributed by atoms with Gasteiger partial charge in [-0.1, -0.05) is 75.4 Å². The predicted molar refractivity (Wildman–Crippen MR) is 170 cm³/mol. The van der Waals surface area contributed by atoms with Crippen LogP contribution in [0.1, 0.15) is 68.3 Å². The maximum absolute atomic E-state index is 12.3. The van der Waals surface area contributed by atoms with E-state index in [4.69, 9.17) is 21.1 Å². The standard InChI is InChI=1S/C32H39ClN2O4.C2H6/c1-35(2,3)26-16-14-25(15-17-26)24-31(36)34-22-10-6-4-5-7-11-23-38-27-18-20-28(21-19-27)39-32(37)29-12-8-9-13-30(29)33;1-2/h8-9,12-21H,4-7,10-11,22-24H2,1-3H3;1-2H3/p+1. The zero-order valence-electron chi connectivity index (χ0n) is 25.3. The summed E-state index contributed by atoms with van der Waals surface area (Å²) in [6.45, 7) is 5.37. The van der Waals surface area contributed by atoms with Gasteiger partial charge in [0, 0.05) is 6.54 Å². The zero-order valence-corrected chi connectivity index (χ0v) is 26.0. The third-order valence-electron chi connectivity index (χ3n) is 6.37. The lowest BCUT2D eigenvalue weighted by Gasteiger charge is -2.23. The first-order valence-corrected chi connectivity index (χ1v) is 15.0. The van der Waals surface area contributed by atoms with Gasteiger partial charge in [-0.3, -0.25) is 9.28 Å². The molecule has 0 radical (unpaired) electrons. The molecule has 7 heteroatoms. The zero-order chi connectivity index (χ0) is 30.1. The number of hydrogen-bond donors (Lipinski definition) is 1. The van der Waals surface area contributed by atoms with E-state index in [1.165, 1.54) is 5.69 Å². The average Bonchev–Trinajstić information content (AvgIpc) is 2.96. The van der Waals surface area contributed by atoms with E-state index < -0.39 is 5.97 Å². The summed E-state index contributed by atoms with van der Waals surface area (Å²) in [6, 6.07) is 22.1. The van der Waals surface area contributed by atoms with Crippen molar-refractivity contribution in [3.05, 3.63) is 88.9 Å². The molecular formula is C34H46ClN2O4+. The third kappa shape index (κ3) is 12.8. The molecule has 0 aromatic heterocycles. The second-order valence-electron chi connectivity index (χ2n) is 10.5. The summed E-state index contributed by atoms with van der Waals surface area (Å²) >= 11 is 6.05. The van der Waals surface area contributed by atoms with Gasteiger partial charge in [-0.15, -0.1) is 0 Å². The number of ether oxygens (including phenoxy) is 2. The van der Waals surface area contributed by atoms with Crippen LogP contribution < -0.4 is 19.3 Å². The number of hydrogen-bond acceptors (Lipinski definition) is 4. The van der Waals surface area contributed by atoms with Crippen molar-refractivity contribution in [1.82, 2.24) is 9.80 Å². The summed E-state index contributed by atoms with van der Waals surface area (Å²) in [6.07, 6.45) is 6.90. The minimum Gasteiger partial charge on any atom is -0.494 e. The van der Waals surface area contributed by atoms with E-state index in [9.17, 15) is 9.59 Å². The lowest BCUT2D eigenvalue weighted by molar-refractivity contribution is -0.120. The van der Waals surface area contributed by atoms with E-state index in [1.54, 1.807) is 48.5 Å². The molecule has 3 rings (SSSR count). The van der Waals surface area contributed by atoms with Crippen LogP contribution in [0.3, 0.4) is 0 Å². The fraction of sp³-hybridized carbons (Fsp3) is 0.412. The fourth-order valence-electron chi connectivity index (χ4n) is 4.05. The van der Waals surface area contributed by atoms with E-state index >= 15 is 0 Å². The number of carbonyl (C=O) groups is 2. The molecular weight excluding hydrogens is 536 g/mol. The number of nitrogens with one attached hydrogen (secondary N) is 1. The van der Waals surface area contributed by atoms with Gasteiger partial charge >= 0.3 is 5.97 Å². The monoisotopic (exact) mass is 581 g/mol. The highest BCUT2D eigenvalue weighted by atomic mass is 35.5. The minimum atomic E-state index is -0.488. The van der Waals surface area contributed by atoms with Crippen LogP contribution in [0.4, 0.5) is 5.69 Å². The number of nitrogens with zero attached hydrogens (tertiary/aromatic N) is 1. The van der Waals surface area contributed by atoms with Crippen molar-refractivity contribution in [2.24, 2.45) is 0 Å². The van der Waals surface area contributed by atoms with Crippen molar-refractivity contribution in [3.8, 4) is 11.5 Å². The van der Waals surface area contributed by atoms with Crippen LogP contribution in [0, 0.1) is 0 Å². The summed E-state index contributed by atoms with van der Waals surface area (Å²) < 4.78 is 12.0. The molecule has 0 saturated heterocycles. The van der Waals surface area contributed by atoms with Gasteiger partial charge in [-0.25, -0.2) is 4.79 Å². The van der Waals surface area contributed by atoms with Gasteiger partial charge in [0.25, 0.3) is 0 Å². The van der Waals surface area contributed by atoms with E-state index in [2.05, 4.69) is 38.6 Å². The van der Waals surface area contributed by atoms with Crippen LogP contribution >= 0.6 is 11.6 Å². The first-order valence-electron chi connectivity index (χ1n) is 14.6. The number of amides is 1. The summed E-state index contributed by atoms with van der Waals surface area (Å²) in [4.78, 5) is 24.4. The molecule has 3 aromatic rings. The molecule has 0 saturated carbocycles. The van der Waals surface area contributed by atoms with Crippen LogP contribution in [0.5, 0.6) is 11.5 Å². The molecule has 0 aliphatic rings. The third-order valence-corrected chi connectivity index (χ3v) is 6.70. The maximum Gasteiger partial charge on any atom is 0.345 e. The molecule has 0 aliphatic heterocycles. The molecule has 3 aromatic carbocycles. The van der Waals surface area contributed by atoms with Crippen molar-refractivity contribution in [2.75, 3.05) is 34.3 Å². The SMILES string of the molecule is CC.C[N+](C)(C)c1ccc(CC(=O)NCCCCCCCCOc2ccc(OC(=O)c3ccccc3Cl)cc2)cc1.